The van der Waals surface area contributed by atoms with E-state index in [4.69, 9.17) is 0 Å². The van der Waals surface area contributed by atoms with Crippen molar-refractivity contribution in [2.75, 3.05) is 0 Å². The van der Waals surface area contributed by atoms with Gasteiger partial charge in [-0.1, -0.05) is 0 Å². The lowest BCUT2D eigenvalue weighted by Crippen LogP contribution is -2.31. The van der Waals surface area contributed by atoms with Gasteiger partial charge in [0, 0.05) is 0 Å². The van der Waals surface area contributed by atoms with Crippen molar-refractivity contribution >= 4 is 5.84 Å². The lowest BCUT2D eigenvalue weighted by Gasteiger charge is -2.17. The molecule has 13 heavy (non-hydrogen) atoms. The van der Waals surface area contributed by atoms with Crippen LogP contribution in [0.2, 0.25) is 0 Å². The quantitative estimate of drug-likeness (QED) is 0.557. The van der Waals surface area contributed by atoms with Crippen molar-refractivity contribution in [2.24, 2.45) is 10.4 Å². The van der Waals surface area contributed by atoms with Crippen molar-refractivity contribution in [1.82, 2.24) is 0 Å². The van der Waals surface area contributed by atoms with Gasteiger partial charge >= 0.3 is 12.0 Å². The Hall–Kier alpha value is -1.31. The van der Waals surface area contributed by atoms with E-state index in [0.717, 1.165) is 19.2 Å². The van der Waals surface area contributed by atoms with Crippen LogP contribution in [0.4, 0.5) is 13.2 Å². The molecule has 1 atom stereocenters. The minimum absolute atomic E-state index is 0.268. The Bertz CT molecular complexity index is 330. The number of allylic oxidation sites excluding steroid dienone is 1. The van der Waals surface area contributed by atoms with Gasteiger partial charge in [0.1, 0.15) is 6.20 Å². The number of nitrogens with zero attached hydrogens (tertiary/aromatic N) is 2. The van der Waals surface area contributed by atoms with Crippen molar-refractivity contribution in [3.63, 3.8) is 0 Å². The average Bonchev–Trinajstić information content (AvgIpc) is 2.13. The van der Waals surface area contributed by atoms with Gasteiger partial charge in [-0.05, 0) is 18.0 Å². The molecular weight excluding hydrogens is 181 g/mol. The van der Waals surface area contributed by atoms with Crippen molar-refractivity contribution in [2.45, 2.75) is 20.0 Å². The number of halogens is 3. The molecule has 0 bridgehead atoms. The molecule has 0 N–H and O–H groups in total. The van der Waals surface area contributed by atoms with Gasteiger partial charge in [-0.15, -0.1) is 0 Å². The van der Waals surface area contributed by atoms with Crippen molar-refractivity contribution in [3.05, 3.63) is 17.1 Å². The fraction of sp³-hybridized carbons (Fsp3) is 0.500. The highest BCUT2D eigenvalue weighted by Crippen LogP contribution is 2.39. The topological polar surface area (TPSA) is 16.7 Å². The molecule has 0 spiro atoms. The van der Waals surface area contributed by atoms with E-state index in [2.05, 4.69) is 9.84 Å². The van der Waals surface area contributed by atoms with Gasteiger partial charge in [-0.3, -0.25) is 0 Å². The number of hydrogen-bond donors (Lipinski definition) is 0. The van der Waals surface area contributed by atoms with Gasteiger partial charge in [-0.25, -0.2) is 0 Å². The number of alkyl halides is 3. The van der Waals surface area contributed by atoms with E-state index in [0.29, 0.717) is 0 Å². The first kappa shape index (κ1) is 9.78. The number of amidine groups is 1. The molecule has 70 valence electrons. The summed E-state index contributed by atoms with van der Waals surface area (Å²) >= 11 is 0. The first-order valence-corrected chi connectivity index (χ1v) is 3.62. The number of aliphatic imine (C=N–C) groups is 1. The van der Waals surface area contributed by atoms with Crippen molar-refractivity contribution < 1.29 is 13.2 Å². The number of hydrogen-bond acceptors (Lipinski definition) is 1. The summed E-state index contributed by atoms with van der Waals surface area (Å²) in [7, 11) is 0. The molecule has 5 heteroatoms. The Kier molecular flexibility index (Phi) is 2.16. The maximum atomic E-state index is 12.4. The highest BCUT2D eigenvalue weighted by molar-refractivity contribution is 5.90. The predicted molar refractivity (Wildman–Crippen MR) is 43.7 cm³/mol. The third-order valence-electron chi connectivity index (χ3n) is 1.71. The largest absolute Gasteiger partial charge is 0.412 e. The molecule has 1 rings (SSSR count). The van der Waals surface area contributed by atoms with E-state index in [1.54, 1.807) is 0 Å². The lowest BCUT2D eigenvalue weighted by atomic mass is 9.92. The van der Waals surface area contributed by atoms with Crippen LogP contribution in [0.1, 0.15) is 13.8 Å². The van der Waals surface area contributed by atoms with Crippen molar-refractivity contribution in [3.8, 4) is 6.07 Å². The van der Waals surface area contributed by atoms with Gasteiger partial charge in [0.2, 0.25) is 0 Å². The van der Waals surface area contributed by atoms with E-state index in [1.165, 1.54) is 6.92 Å². The zero-order valence-corrected chi connectivity index (χ0v) is 7.18. The van der Waals surface area contributed by atoms with Crippen LogP contribution >= 0.6 is 0 Å². The highest BCUT2D eigenvalue weighted by Gasteiger charge is 2.52. The summed E-state index contributed by atoms with van der Waals surface area (Å²) in [6, 6.07) is 2.03. The minimum Gasteiger partial charge on any atom is -0.169 e. The predicted octanol–water partition coefficient (Wildman–Crippen LogP) is 2.83. The molecule has 0 aromatic carbocycles. The Labute approximate surface area is 73.6 Å². The molecule has 0 aliphatic carbocycles. The van der Waals surface area contributed by atoms with Gasteiger partial charge in [-0.2, -0.15) is 18.0 Å². The molecule has 0 radical (unpaired) electrons. The zero-order valence-electron chi connectivity index (χ0n) is 7.18. The highest BCUT2D eigenvalue weighted by atomic mass is 19.4. The summed E-state index contributed by atoms with van der Waals surface area (Å²) in [4.78, 5) is 7.10. The Balaban J connectivity index is 3.10. The van der Waals surface area contributed by atoms with E-state index in [9.17, 15) is 13.2 Å². The molecule has 1 heterocycles. The van der Waals surface area contributed by atoms with Crippen LogP contribution in [0.3, 0.4) is 0 Å². The molecule has 2 nitrogen and oxygen atoms in total. The summed E-state index contributed by atoms with van der Waals surface area (Å²) in [6.07, 6.45) is -2.34. The van der Waals surface area contributed by atoms with Gasteiger partial charge in [0.25, 0.3) is 0 Å². The summed E-state index contributed by atoms with van der Waals surface area (Å²) < 4.78 is 37.2. The minimum atomic E-state index is -4.38. The number of rotatable bonds is 0. The molecule has 0 fully saturated rings. The maximum absolute atomic E-state index is 12.4. The molecule has 1 aliphatic heterocycles. The van der Waals surface area contributed by atoms with Gasteiger partial charge in [0.15, 0.2) is 11.5 Å². The van der Waals surface area contributed by atoms with Gasteiger partial charge < -0.3 is 0 Å². The zero-order chi connectivity index (χ0) is 10.1. The third-order valence-corrected chi connectivity index (χ3v) is 1.71. The van der Waals surface area contributed by atoms with E-state index < -0.39 is 11.6 Å². The molecule has 1 unspecified atom stereocenters. The van der Waals surface area contributed by atoms with Crippen LogP contribution in [-0.4, -0.2) is 12.0 Å². The van der Waals surface area contributed by atoms with Crippen LogP contribution < -0.4 is 0 Å². The van der Waals surface area contributed by atoms with Crippen LogP contribution in [0.25, 0.3) is 4.85 Å². The molecule has 1 aliphatic rings. The second kappa shape index (κ2) is 2.87. The molecule has 0 aromatic rings. The summed E-state index contributed by atoms with van der Waals surface area (Å²) in [5.74, 6) is 0.268. The standard InChI is InChI=1S/C8H8F3N2/c1-6-12-4-3-7(2,5-13-6)8(9,10)11/h3-4H,1-2H3/q+1. The van der Waals surface area contributed by atoms with Gasteiger partial charge in [0.05, 0.1) is 6.92 Å². The molecule has 0 amide bonds. The molecular formula is C8H8F3N2+. The summed E-state index contributed by atoms with van der Waals surface area (Å²) in [5, 5.41) is 0. The SMILES string of the molecule is CC1=NC=CC(C)(C(F)(F)F)C#[N+]1. The van der Waals surface area contributed by atoms with E-state index in [-0.39, 0.29) is 5.84 Å². The average molecular weight is 189 g/mol. The Morgan fingerprint density at radius 3 is 2.69 bits per heavy atom. The van der Waals surface area contributed by atoms with E-state index >= 15 is 0 Å². The van der Waals surface area contributed by atoms with Crippen LogP contribution in [-0.2, 0) is 0 Å². The van der Waals surface area contributed by atoms with Crippen LogP contribution in [0.15, 0.2) is 17.3 Å². The third kappa shape index (κ3) is 1.89. The summed E-state index contributed by atoms with van der Waals surface area (Å²) in [5.41, 5.74) is -2.13. The summed E-state index contributed by atoms with van der Waals surface area (Å²) in [6.45, 7) is 2.51. The molecule has 0 saturated heterocycles. The fourth-order valence-corrected chi connectivity index (χ4v) is 0.715. The van der Waals surface area contributed by atoms with E-state index in [1.807, 2.05) is 6.07 Å². The monoisotopic (exact) mass is 189 g/mol. The Morgan fingerprint density at radius 2 is 2.15 bits per heavy atom. The molecule has 0 saturated carbocycles. The first-order chi connectivity index (χ1) is 5.85. The molecule has 0 aromatic heterocycles. The first-order valence-electron chi connectivity index (χ1n) is 3.62. The second-order valence-corrected chi connectivity index (χ2v) is 2.92. The smallest absolute Gasteiger partial charge is 0.169 e. The Morgan fingerprint density at radius 1 is 1.54 bits per heavy atom. The van der Waals surface area contributed by atoms with Crippen molar-refractivity contribution in [1.29, 1.82) is 0 Å². The normalized spacial score (nSPS) is 27.3. The fourth-order valence-electron chi connectivity index (χ4n) is 0.715. The second-order valence-electron chi connectivity index (χ2n) is 2.92. The maximum Gasteiger partial charge on any atom is 0.412 e. The lowest BCUT2D eigenvalue weighted by molar-refractivity contribution is -0.180. The van der Waals surface area contributed by atoms with Crippen LogP contribution in [0.5, 0.6) is 0 Å². The van der Waals surface area contributed by atoms with Crippen LogP contribution in [0, 0.1) is 11.5 Å².